The van der Waals surface area contributed by atoms with Gasteiger partial charge in [-0.3, -0.25) is 0 Å². The topological polar surface area (TPSA) is 29.0 Å². The van der Waals surface area contributed by atoms with Crippen molar-refractivity contribution < 1.29 is 0 Å². The third-order valence-electron chi connectivity index (χ3n) is 4.92. The zero-order valence-corrected chi connectivity index (χ0v) is 13.5. The van der Waals surface area contributed by atoms with E-state index >= 15 is 0 Å². The van der Waals surface area contributed by atoms with Crippen molar-refractivity contribution in [2.24, 2.45) is 0 Å². The van der Waals surface area contributed by atoms with Crippen molar-refractivity contribution in [2.75, 3.05) is 11.4 Å². The molecular weight excluding hydrogens is 294 g/mol. The van der Waals surface area contributed by atoms with Crippen LogP contribution in [0.3, 0.4) is 0 Å². The number of rotatable bonds is 3. The number of hydrogen-bond donors (Lipinski definition) is 0. The van der Waals surface area contributed by atoms with E-state index in [0.29, 0.717) is 23.0 Å². The number of aromatic nitrogens is 2. The third-order valence-corrected chi connectivity index (χ3v) is 5.11. The lowest BCUT2D eigenvalue weighted by molar-refractivity contribution is 0.631. The van der Waals surface area contributed by atoms with Gasteiger partial charge in [0.05, 0.1) is 0 Å². The van der Waals surface area contributed by atoms with E-state index in [0.717, 1.165) is 24.6 Å². The fraction of sp³-hybridized carbons (Fsp3) is 0.444. The maximum absolute atomic E-state index is 6.22. The molecule has 1 saturated heterocycles. The molecule has 0 amide bonds. The molecule has 2 atom stereocenters. The molecule has 0 bridgehead atoms. The summed E-state index contributed by atoms with van der Waals surface area (Å²) in [5, 5.41) is 0.572. The lowest BCUT2D eigenvalue weighted by Crippen LogP contribution is -2.30. The first-order valence-electron chi connectivity index (χ1n) is 8.08. The first kappa shape index (κ1) is 14.0. The maximum Gasteiger partial charge on any atom is 0.135 e. The largest absolute Gasteiger partial charge is 0.353 e. The Hall–Kier alpha value is -1.61. The van der Waals surface area contributed by atoms with Gasteiger partial charge in [-0.2, -0.15) is 0 Å². The molecule has 2 aliphatic rings. The molecular formula is C18H20ClN3. The van der Waals surface area contributed by atoms with Gasteiger partial charge in [0, 0.05) is 30.5 Å². The monoisotopic (exact) mass is 313 g/mol. The minimum Gasteiger partial charge on any atom is -0.353 e. The van der Waals surface area contributed by atoms with Crippen LogP contribution in [0.1, 0.15) is 49.4 Å². The Bertz CT molecular complexity index is 669. The second-order valence-corrected chi connectivity index (χ2v) is 6.81. The van der Waals surface area contributed by atoms with Gasteiger partial charge in [0.15, 0.2) is 0 Å². The van der Waals surface area contributed by atoms with Gasteiger partial charge in [-0.25, -0.2) is 9.97 Å². The molecule has 0 spiro atoms. The van der Waals surface area contributed by atoms with E-state index < -0.39 is 0 Å². The van der Waals surface area contributed by atoms with Crippen LogP contribution < -0.4 is 4.90 Å². The minimum absolute atomic E-state index is 0.431. The van der Waals surface area contributed by atoms with Crippen molar-refractivity contribution >= 4 is 17.4 Å². The molecule has 22 heavy (non-hydrogen) atoms. The van der Waals surface area contributed by atoms with E-state index in [2.05, 4.69) is 47.1 Å². The lowest BCUT2D eigenvalue weighted by atomic mass is 9.93. The van der Waals surface area contributed by atoms with E-state index in [-0.39, 0.29) is 0 Å². The summed E-state index contributed by atoms with van der Waals surface area (Å²) in [6.45, 7) is 3.32. The normalized spacial score (nSPS) is 24.7. The Labute approximate surface area is 136 Å². The zero-order valence-electron chi connectivity index (χ0n) is 12.7. The Morgan fingerprint density at radius 3 is 2.59 bits per heavy atom. The summed E-state index contributed by atoms with van der Waals surface area (Å²) < 4.78 is 0. The smallest absolute Gasteiger partial charge is 0.135 e. The molecule has 2 heterocycles. The number of halogens is 1. The highest BCUT2D eigenvalue weighted by atomic mass is 35.5. The predicted octanol–water partition coefficient (Wildman–Crippen LogP) is 4.39. The molecule has 1 aromatic heterocycles. The first-order valence-corrected chi connectivity index (χ1v) is 8.46. The van der Waals surface area contributed by atoms with Crippen LogP contribution in [0.5, 0.6) is 0 Å². The van der Waals surface area contributed by atoms with Crippen LogP contribution in [-0.4, -0.2) is 22.6 Å². The van der Waals surface area contributed by atoms with Crippen LogP contribution in [0.4, 0.5) is 5.82 Å². The van der Waals surface area contributed by atoms with Crippen molar-refractivity contribution in [3.8, 4) is 0 Å². The number of benzene rings is 1. The highest BCUT2D eigenvalue weighted by Crippen LogP contribution is 2.41. The van der Waals surface area contributed by atoms with Crippen molar-refractivity contribution in [1.29, 1.82) is 0 Å². The van der Waals surface area contributed by atoms with Crippen molar-refractivity contribution in [1.82, 2.24) is 9.97 Å². The Kier molecular flexibility index (Phi) is 3.53. The van der Waals surface area contributed by atoms with Gasteiger partial charge in [-0.1, -0.05) is 41.9 Å². The Balaban J connectivity index is 1.61. The number of hydrogen-bond acceptors (Lipinski definition) is 3. The van der Waals surface area contributed by atoms with E-state index in [1.54, 1.807) is 0 Å². The van der Waals surface area contributed by atoms with Gasteiger partial charge in [-0.05, 0) is 31.7 Å². The molecule has 3 nitrogen and oxygen atoms in total. The van der Waals surface area contributed by atoms with E-state index in [1.807, 2.05) is 6.07 Å². The summed E-state index contributed by atoms with van der Waals surface area (Å²) >= 11 is 6.22. The average molecular weight is 314 g/mol. The van der Waals surface area contributed by atoms with Gasteiger partial charge in [0.1, 0.15) is 16.8 Å². The number of nitrogens with zero attached hydrogens (tertiary/aromatic N) is 3. The van der Waals surface area contributed by atoms with Crippen molar-refractivity contribution in [3.63, 3.8) is 0 Å². The molecule has 1 saturated carbocycles. The van der Waals surface area contributed by atoms with E-state index in [4.69, 9.17) is 16.6 Å². The van der Waals surface area contributed by atoms with Crippen LogP contribution in [0.25, 0.3) is 0 Å². The molecule has 4 rings (SSSR count). The standard InChI is InChI=1S/C18H20ClN3/c1-12-15(13-5-3-2-4-6-13)9-10-22(12)17-11-16(19)20-18(21-17)14-7-8-14/h2-6,11-12,14-15H,7-10H2,1H3. The summed E-state index contributed by atoms with van der Waals surface area (Å²) in [6, 6.07) is 13.1. The Morgan fingerprint density at radius 2 is 1.86 bits per heavy atom. The summed E-state index contributed by atoms with van der Waals surface area (Å²) in [6.07, 6.45) is 3.55. The fourth-order valence-electron chi connectivity index (χ4n) is 3.50. The number of anilines is 1. The zero-order chi connectivity index (χ0) is 15.1. The summed E-state index contributed by atoms with van der Waals surface area (Å²) in [7, 11) is 0. The van der Waals surface area contributed by atoms with Crippen molar-refractivity contribution in [3.05, 3.63) is 52.9 Å². The van der Waals surface area contributed by atoms with Crippen LogP contribution >= 0.6 is 11.6 Å². The van der Waals surface area contributed by atoms with Gasteiger partial charge in [0.2, 0.25) is 0 Å². The van der Waals surface area contributed by atoms with Crippen LogP contribution in [0.15, 0.2) is 36.4 Å². The highest BCUT2D eigenvalue weighted by molar-refractivity contribution is 6.29. The molecule has 2 aromatic rings. The summed E-state index contributed by atoms with van der Waals surface area (Å²) in [5.74, 6) is 3.00. The second kappa shape index (κ2) is 5.54. The maximum atomic E-state index is 6.22. The van der Waals surface area contributed by atoms with E-state index in [1.165, 1.54) is 18.4 Å². The van der Waals surface area contributed by atoms with Gasteiger partial charge in [-0.15, -0.1) is 0 Å². The first-order chi connectivity index (χ1) is 10.7. The van der Waals surface area contributed by atoms with Gasteiger partial charge < -0.3 is 4.90 Å². The summed E-state index contributed by atoms with van der Waals surface area (Å²) in [5.41, 5.74) is 1.42. The minimum atomic E-state index is 0.431. The molecule has 1 aromatic carbocycles. The molecule has 0 radical (unpaired) electrons. The molecule has 4 heteroatoms. The van der Waals surface area contributed by atoms with E-state index in [9.17, 15) is 0 Å². The predicted molar refractivity (Wildman–Crippen MR) is 89.6 cm³/mol. The second-order valence-electron chi connectivity index (χ2n) is 6.42. The third kappa shape index (κ3) is 2.58. The van der Waals surface area contributed by atoms with Crippen LogP contribution in [0.2, 0.25) is 5.15 Å². The molecule has 1 aliphatic heterocycles. The quantitative estimate of drug-likeness (QED) is 0.787. The highest BCUT2D eigenvalue weighted by Gasteiger charge is 2.34. The molecule has 0 N–H and O–H groups in total. The van der Waals surface area contributed by atoms with Gasteiger partial charge in [0.25, 0.3) is 0 Å². The Morgan fingerprint density at radius 1 is 1.09 bits per heavy atom. The molecule has 2 fully saturated rings. The van der Waals surface area contributed by atoms with Crippen molar-refractivity contribution in [2.45, 2.75) is 44.1 Å². The molecule has 114 valence electrons. The SMILES string of the molecule is CC1C(c2ccccc2)CCN1c1cc(Cl)nc(C2CC2)n1. The van der Waals surface area contributed by atoms with Crippen LogP contribution in [-0.2, 0) is 0 Å². The molecule has 2 unspecified atom stereocenters. The van der Waals surface area contributed by atoms with Gasteiger partial charge >= 0.3 is 0 Å². The van der Waals surface area contributed by atoms with Crippen LogP contribution in [0, 0.1) is 0 Å². The summed E-state index contributed by atoms with van der Waals surface area (Å²) in [4.78, 5) is 11.6. The lowest BCUT2D eigenvalue weighted by Gasteiger charge is -2.26. The average Bonchev–Trinajstić information content (AvgIpc) is 3.30. The fourth-order valence-corrected chi connectivity index (χ4v) is 3.69. The molecule has 1 aliphatic carbocycles.